The topological polar surface area (TPSA) is 0 Å². The van der Waals surface area contributed by atoms with E-state index in [1.165, 1.54) is 11.1 Å². The second-order valence-corrected chi connectivity index (χ2v) is 11.8. The maximum absolute atomic E-state index is 3.73. The fourth-order valence-corrected chi connectivity index (χ4v) is 7.22. The minimum absolute atomic E-state index is 0.241. The first-order valence-corrected chi connectivity index (χ1v) is 12.5. The van der Waals surface area contributed by atoms with Crippen molar-refractivity contribution >= 4 is 127 Å². The lowest BCUT2D eigenvalue weighted by molar-refractivity contribution is 0.631. The van der Waals surface area contributed by atoms with Gasteiger partial charge in [0.25, 0.3) is 0 Å². The van der Waals surface area contributed by atoms with Crippen LogP contribution >= 0.6 is 127 Å². The lowest BCUT2D eigenvalue weighted by atomic mass is 9.78. The van der Waals surface area contributed by atoms with Gasteiger partial charge in [0, 0.05) is 41.2 Å². The summed E-state index contributed by atoms with van der Waals surface area (Å²) >= 11 is 29.1. The van der Waals surface area contributed by atoms with Crippen LogP contribution in [0.2, 0.25) is 0 Å². The lowest BCUT2D eigenvalue weighted by Gasteiger charge is -2.30. The molecule has 0 radical (unpaired) electrons. The predicted molar refractivity (Wildman–Crippen MR) is 127 cm³/mol. The molecule has 124 valence electrons. The third-order valence-corrected chi connectivity index (χ3v) is 12.9. The van der Waals surface area contributed by atoms with Crippen LogP contribution in [-0.2, 0) is 5.41 Å². The minimum Gasteiger partial charge on any atom is -0.0516 e. The standard InChI is InChI=1S/C15H8Br8/c1-15(2,5-3-7(16)11(20)13(22)9(5)18)6-4-8(17)12(21)14(23)10(6)19/h3-4H,1-2H3. The Morgan fingerprint density at radius 1 is 0.522 bits per heavy atom. The van der Waals surface area contributed by atoms with Crippen LogP contribution in [0, 0.1) is 0 Å². The molecule has 0 heterocycles. The van der Waals surface area contributed by atoms with Crippen LogP contribution < -0.4 is 0 Å². The van der Waals surface area contributed by atoms with Gasteiger partial charge in [-0.25, -0.2) is 0 Å². The van der Waals surface area contributed by atoms with Crippen molar-refractivity contribution in [1.82, 2.24) is 0 Å². The molecular weight excluding hydrogens is 819 g/mol. The summed E-state index contributed by atoms with van der Waals surface area (Å²) in [5.41, 5.74) is 2.09. The molecule has 0 aromatic heterocycles. The van der Waals surface area contributed by atoms with Gasteiger partial charge in [0.2, 0.25) is 0 Å². The van der Waals surface area contributed by atoms with Crippen LogP contribution in [0.25, 0.3) is 0 Å². The van der Waals surface area contributed by atoms with Gasteiger partial charge in [-0.3, -0.25) is 0 Å². The molecule has 0 fully saturated rings. The van der Waals surface area contributed by atoms with Crippen molar-refractivity contribution in [3.8, 4) is 0 Å². The Morgan fingerprint density at radius 3 is 1.13 bits per heavy atom. The van der Waals surface area contributed by atoms with Gasteiger partial charge in [0.15, 0.2) is 0 Å². The number of hydrogen-bond donors (Lipinski definition) is 0. The fraction of sp³-hybridized carbons (Fsp3) is 0.200. The molecule has 0 spiro atoms. The summed E-state index contributed by atoms with van der Waals surface area (Å²) in [4.78, 5) is 0. The monoisotopic (exact) mass is 819 g/mol. The van der Waals surface area contributed by atoms with Crippen LogP contribution in [0.4, 0.5) is 0 Å². The molecule has 0 bridgehead atoms. The molecule has 0 unspecified atom stereocenters. The molecule has 0 atom stereocenters. The Kier molecular flexibility index (Phi) is 7.61. The summed E-state index contributed by atoms with van der Waals surface area (Å²) in [5, 5.41) is 0. The highest BCUT2D eigenvalue weighted by atomic mass is 79.9. The van der Waals surface area contributed by atoms with Crippen LogP contribution in [0.15, 0.2) is 47.9 Å². The van der Waals surface area contributed by atoms with Crippen molar-refractivity contribution in [2.75, 3.05) is 0 Å². The molecule has 2 aromatic rings. The molecule has 0 saturated heterocycles. The molecule has 0 N–H and O–H groups in total. The van der Waals surface area contributed by atoms with E-state index in [0.29, 0.717) is 0 Å². The number of benzene rings is 2. The van der Waals surface area contributed by atoms with Gasteiger partial charge >= 0.3 is 0 Å². The summed E-state index contributed by atoms with van der Waals surface area (Å²) in [6.45, 7) is 4.40. The Labute approximate surface area is 203 Å². The minimum atomic E-state index is -0.241. The summed E-state index contributed by atoms with van der Waals surface area (Å²) in [6.07, 6.45) is 0. The van der Waals surface area contributed by atoms with Gasteiger partial charge < -0.3 is 0 Å². The van der Waals surface area contributed by atoms with Gasteiger partial charge in [0.1, 0.15) is 0 Å². The van der Waals surface area contributed by atoms with Gasteiger partial charge in [-0.2, -0.15) is 0 Å². The normalized spacial score (nSPS) is 11.9. The van der Waals surface area contributed by atoms with E-state index in [-0.39, 0.29) is 5.41 Å². The Morgan fingerprint density at radius 2 is 0.826 bits per heavy atom. The van der Waals surface area contributed by atoms with E-state index in [1.807, 2.05) is 0 Å². The van der Waals surface area contributed by atoms with Crippen molar-refractivity contribution < 1.29 is 0 Å². The highest BCUT2D eigenvalue weighted by Crippen LogP contribution is 2.49. The smallest absolute Gasteiger partial charge is 0.0474 e. The van der Waals surface area contributed by atoms with Gasteiger partial charge in [-0.05, 0) is 151 Å². The van der Waals surface area contributed by atoms with E-state index in [4.69, 9.17) is 0 Å². The summed E-state index contributed by atoms with van der Waals surface area (Å²) in [6, 6.07) is 4.27. The third-order valence-electron chi connectivity index (χ3n) is 3.55. The third kappa shape index (κ3) is 4.09. The van der Waals surface area contributed by atoms with Crippen molar-refractivity contribution in [2.24, 2.45) is 0 Å². The first-order valence-electron chi connectivity index (χ1n) is 6.17. The molecular formula is C15H8Br8. The molecule has 0 aliphatic carbocycles. The maximum atomic E-state index is 3.73. The highest BCUT2D eigenvalue weighted by Gasteiger charge is 2.31. The lowest BCUT2D eigenvalue weighted by Crippen LogP contribution is -2.21. The van der Waals surface area contributed by atoms with Crippen molar-refractivity contribution in [3.05, 3.63) is 59.0 Å². The average Bonchev–Trinajstić information content (AvgIpc) is 2.49. The van der Waals surface area contributed by atoms with E-state index in [9.17, 15) is 0 Å². The molecule has 23 heavy (non-hydrogen) atoms. The number of hydrogen-bond acceptors (Lipinski definition) is 0. The number of halogens is 8. The predicted octanol–water partition coefficient (Wildman–Crippen LogP) is 10.1. The summed E-state index contributed by atoms with van der Waals surface area (Å²) in [5.74, 6) is 0. The van der Waals surface area contributed by atoms with E-state index in [2.05, 4.69) is 153 Å². The summed E-state index contributed by atoms with van der Waals surface area (Å²) in [7, 11) is 0. The fourth-order valence-electron chi connectivity index (χ4n) is 2.20. The van der Waals surface area contributed by atoms with Crippen LogP contribution in [-0.4, -0.2) is 0 Å². The Bertz CT molecular complexity index is 730. The second-order valence-electron chi connectivity index (χ2n) is 5.32. The van der Waals surface area contributed by atoms with Gasteiger partial charge in [0.05, 0.1) is 0 Å². The zero-order valence-electron chi connectivity index (χ0n) is 11.7. The van der Waals surface area contributed by atoms with E-state index >= 15 is 0 Å². The molecule has 8 heteroatoms. The van der Waals surface area contributed by atoms with Gasteiger partial charge in [-0.15, -0.1) is 0 Å². The van der Waals surface area contributed by atoms with E-state index < -0.39 is 0 Å². The molecule has 2 aromatic carbocycles. The quantitative estimate of drug-likeness (QED) is 0.209. The highest BCUT2D eigenvalue weighted by molar-refractivity contribution is 9.15. The van der Waals surface area contributed by atoms with Crippen LogP contribution in [0.5, 0.6) is 0 Å². The van der Waals surface area contributed by atoms with E-state index in [1.54, 1.807) is 0 Å². The Hall–Kier alpha value is 2.28. The van der Waals surface area contributed by atoms with Crippen LogP contribution in [0.1, 0.15) is 25.0 Å². The molecule has 0 aliphatic heterocycles. The largest absolute Gasteiger partial charge is 0.0516 e. The van der Waals surface area contributed by atoms with Crippen LogP contribution in [0.3, 0.4) is 0 Å². The van der Waals surface area contributed by atoms with E-state index in [0.717, 1.165) is 35.8 Å². The maximum Gasteiger partial charge on any atom is 0.0474 e. The second kappa shape index (κ2) is 8.11. The summed E-state index contributed by atoms with van der Waals surface area (Å²) < 4.78 is 8.01. The molecule has 0 aliphatic rings. The van der Waals surface area contributed by atoms with Crippen molar-refractivity contribution in [2.45, 2.75) is 19.3 Å². The molecule has 0 nitrogen and oxygen atoms in total. The number of rotatable bonds is 2. The van der Waals surface area contributed by atoms with Gasteiger partial charge in [-0.1, -0.05) is 13.8 Å². The van der Waals surface area contributed by atoms with Crippen molar-refractivity contribution in [3.63, 3.8) is 0 Å². The molecule has 2 rings (SSSR count). The zero-order valence-corrected chi connectivity index (χ0v) is 24.4. The zero-order chi connectivity index (χ0) is 17.7. The Balaban J connectivity index is 2.79. The first-order chi connectivity index (χ1) is 10.5. The average molecular weight is 827 g/mol. The SMILES string of the molecule is CC(C)(c1cc(Br)c(Br)c(Br)c1Br)c1cc(Br)c(Br)c(Br)c1Br. The van der Waals surface area contributed by atoms with Crippen molar-refractivity contribution in [1.29, 1.82) is 0 Å². The first kappa shape index (κ1) is 21.6. The molecule has 0 saturated carbocycles. The molecule has 0 amide bonds.